The van der Waals surface area contributed by atoms with Crippen molar-refractivity contribution in [3.63, 3.8) is 0 Å². The number of hydrogen-bond donors (Lipinski definition) is 5. The second-order valence-electron chi connectivity index (χ2n) is 9.75. The number of nitro benzene ring substituents is 1. The molecule has 1 amide bonds. The molecule has 16 heteroatoms. The molecule has 2 atom stereocenters. The standard InChI is InChI=1S/C28H25N7O8S/c1-15-12-24(33-43-15)34-44(41,42)21-9-6-17(7-10-21)31-28-29-16(2)25(26(32-28)22-11-8-20(36)14-23(22)37)27(38)30-18-4-3-5-19(13-18)35(39)40/h3-14,25-26,36-37H,1-2H3,(H,30,38)(H,31,32)(H,33,34). The van der Waals surface area contributed by atoms with Crippen LogP contribution in [0.25, 0.3) is 0 Å². The van der Waals surface area contributed by atoms with E-state index in [4.69, 9.17) is 4.52 Å². The molecule has 226 valence electrons. The summed E-state index contributed by atoms with van der Waals surface area (Å²) in [6.07, 6.45) is 0. The fraction of sp³-hybridized carbons (Fsp3) is 0.143. The zero-order chi connectivity index (χ0) is 31.6. The minimum atomic E-state index is -3.95. The number of benzene rings is 3. The van der Waals surface area contributed by atoms with Crippen molar-refractivity contribution in [3.05, 3.63) is 94.2 Å². The molecule has 0 radical (unpaired) electrons. The lowest BCUT2D eigenvalue weighted by atomic mass is 9.87. The first-order chi connectivity index (χ1) is 20.9. The number of rotatable bonds is 8. The molecule has 1 aliphatic heterocycles. The molecule has 0 saturated heterocycles. The Balaban J connectivity index is 1.41. The van der Waals surface area contributed by atoms with E-state index in [1.54, 1.807) is 13.8 Å². The van der Waals surface area contributed by atoms with Crippen LogP contribution >= 0.6 is 0 Å². The largest absolute Gasteiger partial charge is 0.508 e. The number of carbonyl (C=O) groups is 1. The SMILES string of the molecule is CC1=NC(Nc2ccc(S(=O)(=O)Nc3cc(C)on3)cc2)=NC(c2ccc(O)cc2O)C1C(=O)Nc1cccc([N+](=O)[O-])c1. The molecule has 1 aliphatic rings. The Labute approximate surface area is 250 Å². The zero-order valence-electron chi connectivity index (χ0n) is 23.1. The highest BCUT2D eigenvalue weighted by molar-refractivity contribution is 7.92. The molecule has 0 bridgehead atoms. The van der Waals surface area contributed by atoms with Crippen LogP contribution < -0.4 is 15.4 Å². The van der Waals surface area contributed by atoms with Gasteiger partial charge in [0.2, 0.25) is 11.9 Å². The highest BCUT2D eigenvalue weighted by Crippen LogP contribution is 2.38. The van der Waals surface area contributed by atoms with Crippen molar-refractivity contribution < 1.29 is 32.9 Å². The van der Waals surface area contributed by atoms with E-state index in [-0.39, 0.29) is 45.1 Å². The van der Waals surface area contributed by atoms with Gasteiger partial charge in [0.1, 0.15) is 23.2 Å². The number of hydrogen-bond acceptors (Lipinski definition) is 12. The fourth-order valence-corrected chi connectivity index (χ4v) is 5.48. The molecule has 0 spiro atoms. The number of anilines is 3. The topological polar surface area (TPSA) is 222 Å². The maximum atomic E-state index is 13.5. The first-order valence-corrected chi connectivity index (χ1v) is 14.4. The van der Waals surface area contributed by atoms with Crippen LogP contribution in [-0.2, 0) is 14.8 Å². The van der Waals surface area contributed by atoms with Gasteiger partial charge in [-0.25, -0.2) is 18.4 Å². The number of aryl methyl sites for hydroxylation is 1. The van der Waals surface area contributed by atoms with Crippen molar-refractivity contribution in [1.29, 1.82) is 0 Å². The normalized spacial score (nSPS) is 16.4. The molecule has 0 saturated carbocycles. The predicted octanol–water partition coefficient (Wildman–Crippen LogP) is 4.34. The van der Waals surface area contributed by atoms with Gasteiger partial charge >= 0.3 is 0 Å². The van der Waals surface area contributed by atoms with Crippen LogP contribution in [0.5, 0.6) is 11.5 Å². The van der Waals surface area contributed by atoms with Crippen LogP contribution in [0.15, 0.2) is 92.2 Å². The highest BCUT2D eigenvalue weighted by Gasteiger charge is 2.37. The average Bonchev–Trinajstić information content (AvgIpc) is 3.36. The third kappa shape index (κ3) is 6.49. The first-order valence-electron chi connectivity index (χ1n) is 12.9. The summed E-state index contributed by atoms with van der Waals surface area (Å²) in [5.41, 5.74) is 0.906. The summed E-state index contributed by atoms with van der Waals surface area (Å²) >= 11 is 0. The quantitative estimate of drug-likeness (QED) is 0.139. The van der Waals surface area contributed by atoms with Gasteiger partial charge in [-0.3, -0.25) is 19.6 Å². The Morgan fingerprint density at radius 1 is 1.00 bits per heavy atom. The number of phenols is 2. The summed E-state index contributed by atoms with van der Waals surface area (Å²) < 4.78 is 32.7. The van der Waals surface area contributed by atoms with Gasteiger partial charge in [-0.2, -0.15) is 0 Å². The second-order valence-corrected chi connectivity index (χ2v) is 11.4. The number of sulfonamides is 1. The zero-order valence-corrected chi connectivity index (χ0v) is 23.9. The number of aromatic nitrogens is 1. The lowest BCUT2D eigenvalue weighted by Crippen LogP contribution is -2.37. The van der Waals surface area contributed by atoms with Gasteiger partial charge in [-0.05, 0) is 56.3 Å². The van der Waals surface area contributed by atoms with Crippen molar-refractivity contribution in [2.45, 2.75) is 24.8 Å². The molecule has 2 heterocycles. The van der Waals surface area contributed by atoms with Crippen LogP contribution in [0.3, 0.4) is 0 Å². The molecule has 1 aromatic heterocycles. The minimum absolute atomic E-state index is 0.0404. The van der Waals surface area contributed by atoms with Crippen molar-refractivity contribution in [2.75, 3.05) is 15.4 Å². The number of aromatic hydroxyl groups is 2. The Hall–Kier alpha value is -5.77. The molecule has 4 aromatic rings. The number of aliphatic imine (C=N–C) groups is 2. The van der Waals surface area contributed by atoms with Crippen molar-refractivity contribution in [1.82, 2.24) is 5.16 Å². The Morgan fingerprint density at radius 3 is 2.41 bits per heavy atom. The molecular weight excluding hydrogens is 594 g/mol. The number of nitrogens with one attached hydrogen (secondary N) is 3. The number of carbonyl (C=O) groups excluding carboxylic acids is 1. The lowest BCUT2D eigenvalue weighted by molar-refractivity contribution is -0.384. The van der Waals surface area contributed by atoms with Crippen LogP contribution in [-0.4, -0.2) is 46.3 Å². The third-order valence-electron chi connectivity index (χ3n) is 6.54. The van der Waals surface area contributed by atoms with Crippen molar-refractivity contribution in [3.8, 4) is 11.5 Å². The third-order valence-corrected chi connectivity index (χ3v) is 7.91. The average molecular weight is 620 g/mol. The van der Waals surface area contributed by atoms with Gasteiger partial charge in [0.25, 0.3) is 15.7 Å². The predicted molar refractivity (Wildman–Crippen MR) is 160 cm³/mol. The van der Waals surface area contributed by atoms with Crippen LogP contribution in [0.4, 0.5) is 22.9 Å². The van der Waals surface area contributed by atoms with E-state index in [9.17, 15) is 33.5 Å². The van der Waals surface area contributed by atoms with Gasteiger partial charge < -0.3 is 25.4 Å². The van der Waals surface area contributed by atoms with E-state index >= 15 is 0 Å². The van der Waals surface area contributed by atoms with Gasteiger partial charge in [0.05, 0.1) is 15.9 Å². The Morgan fingerprint density at radius 2 is 1.75 bits per heavy atom. The number of nitrogens with zero attached hydrogens (tertiary/aromatic N) is 4. The molecule has 15 nitrogen and oxygen atoms in total. The lowest BCUT2D eigenvalue weighted by Gasteiger charge is -2.28. The van der Waals surface area contributed by atoms with Crippen LogP contribution in [0, 0.1) is 23.0 Å². The van der Waals surface area contributed by atoms with E-state index in [0.29, 0.717) is 17.2 Å². The highest BCUT2D eigenvalue weighted by atomic mass is 32.2. The summed E-state index contributed by atoms with van der Waals surface area (Å²) in [6, 6.07) is 15.4. The molecule has 5 N–H and O–H groups in total. The monoisotopic (exact) mass is 619 g/mol. The number of guanidine groups is 1. The second kappa shape index (κ2) is 11.8. The number of nitro groups is 1. The Kier molecular flexibility index (Phi) is 8.00. The number of phenolic OH excluding ortho intramolecular Hbond substituents is 2. The maximum absolute atomic E-state index is 13.5. The molecule has 0 aliphatic carbocycles. The first kappa shape index (κ1) is 29.7. The van der Waals surface area contributed by atoms with E-state index in [0.717, 1.165) is 6.07 Å². The summed E-state index contributed by atoms with van der Waals surface area (Å²) in [7, 11) is -3.95. The van der Waals surface area contributed by atoms with Crippen LogP contribution in [0.2, 0.25) is 0 Å². The Bertz CT molecular complexity index is 1920. The molecule has 5 rings (SSSR count). The summed E-state index contributed by atoms with van der Waals surface area (Å²) in [4.78, 5) is 33.0. The molecule has 0 fully saturated rings. The van der Waals surface area contributed by atoms with E-state index in [1.165, 1.54) is 66.7 Å². The van der Waals surface area contributed by atoms with Gasteiger partial charge in [-0.15, -0.1) is 0 Å². The molecule has 2 unspecified atom stereocenters. The van der Waals surface area contributed by atoms with Crippen molar-refractivity contribution >= 4 is 50.5 Å². The summed E-state index contributed by atoms with van der Waals surface area (Å²) in [6.45, 7) is 3.22. The van der Waals surface area contributed by atoms with E-state index in [2.05, 4.69) is 30.5 Å². The smallest absolute Gasteiger partial charge is 0.271 e. The van der Waals surface area contributed by atoms with Gasteiger partial charge in [0, 0.05) is 46.9 Å². The minimum Gasteiger partial charge on any atom is -0.508 e. The van der Waals surface area contributed by atoms with Crippen molar-refractivity contribution in [2.24, 2.45) is 15.9 Å². The maximum Gasteiger partial charge on any atom is 0.271 e. The van der Waals surface area contributed by atoms with E-state index in [1.807, 2.05) is 0 Å². The number of amides is 1. The van der Waals surface area contributed by atoms with Crippen LogP contribution in [0.1, 0.15) is 24.3 Å². The summed E-state index contributed by atoms with van der Waals surface area (Å²) in [5, 5.41) is 40.9. The van der Waals surface area contributed by atoms with Gasteiger partial charge in [0.15, 0.2) is 5.82 Å². The molecular formula is C28H25N7O8S. The number of non-ortho nitro benzene ring substituents is 1. The van der Waals surface area contributed by atoms with E-state index < -0.39 is 32.8 Å². The molecule has 44 heavy (non-hydrogen) atoms. The summed E-state index contributed by atoms with van der Waals surface area (Å²) in [5.74, 6) is -1.61. The van der Waals surface area contributed by atoms with Gasteiger partial charge in [-0.1, -0.05) is 11.2 Å². The fourth-order valence-electron chi connectivity index (χ4n) is 4.50. The molecule has 3 aromatic carbocycles.